The SMILES string of the molecule is CNCC1CCCN1Cc1csc([N+](=O)[O-])c1. The predicted octanol–water partition coefficient (Wildman–Crippen LogP) is 1.84. The summed E-state index contributed by atoms with van der Waals surface area (Å²) in [4.78, 5) is 12.7. The molecule has 0 aliphatic carbocycles. The van der Waals surface area contributed by atoms with Crippen molar-refractivity contribution in [2.45, 2.75) is 25.4 Å². The number of nitrogens with one attached hydrogen (secondary N) is 1. The van der Waals surface area contributed by atoms with Gasteiger partial charge in [0.1, 0.15) is 0 Å². The highest BCUT2D eigenvalue weighted by atomic mass is 32.1. The van der Waals surface area contributed by atoms with Crippen LogP contribution in [0.3, 0.4) is 0 Å². The molecule has 1 aromatic rings. The van der Waals surface area contributed by atoms with Crippen molar-refractivity contribution in [1.82, 2.24) is 10.2 Å². The average Bonchev–Trinajstić information content (AvgIpc) is 2.90. The van der Waals surface area contributed by atoms with Gasteiger partial charge < -0.3 is 5.32 Å². The monoisotopic (exact) mass is 255 g/mol. The van der Waals surface area contributed by atoms with E-state index in [-0.39, 0.29) is 9.92 Å². The minimum Gasteiger partial charge on any atom is -0.318 e. The summed E-state index contributed by atoms with van der Waals surface area (Å²) in [6, 6.07) is 2.26. The van der Waals surface area contributed by atoms with Gasteiger partial charge in [0.25, 0.3) is 0 Å². The lowest BCUT2D eigenvalue weighted by atomic mass is 10.2. The van der Waals surface area contributed by atoms with E-state index >= 15 is 0 Å². The van der Waals surface area contributed by atoms with Crippen LogP contribution in [-0.2, 0) is 6.54 Å². The molecule has 1 aromatic heterocycles. The van der Waals surface area contributed by atoms with E-state index in [1.54, 1.807) is 6.07 Å². The van der Waals surface area contributed by atoms with Gasteiger partial charge in [-0.2, -0.15) is 0 Å². The zero-order valence-electron chi connectivity index (χ0n) is 9.89. The van der Waals surface area contributed by atoms with Crippen LogP contribution in [0, 0.1) is 10.1 Å². The molecule has 94 valence electrons. The molecule has 1 fully saturated rings. The summed E-state index contributed by atoms with van der Waals surface area (Å²) in [7, 11) is 1.96. The van der Waals surface area contributed by atoms with E-state index in [9.17, 15) is 10.1 Å². The zero-order chi connectivity index (χ0) is 12.3. The lowest BCUT2D eigenvalue weighted by Gasteiger charge is -2.23. The molecule has 6 heteroatoms. The van der Waals surface area contributed by atoms with Gasteiger partial charge in [-0.3, -0.25) is 15.0 Å². The average molecular weight is 255 g/mol. The summed E-state index contributed by atoms with van der Waals surface area (Å²) < 4.78 is 0. The maximum atomic E-state index is 10.6. The summed E-state index contributed by atoms with van der Waals surface area (Å²) in [5.74, 6) is 0. The molecule has 1 unspecified atom stereocenters. The van der Waals surface area contributed by atoms with Crippen molar-refractivity contribution < 1.29 is 4.92 Å². The van der Waals surface area contributed by atoms with Gasteiger partial charge in [0, 0.05) is 30.6 Å². The van der Waals surface area contributed by atoms with Crippen LogP contribution in [0.15, 0.2) is 11.4 Å². The van der Waals surface area contributed by atoms with Gasteiger partial charge in [0.2, 0.25) is 0 Å². The molecule has 0 radical (unpaired) electrons. The van der Waals surface area contributed by atoms with E-state index in [2.05, 4.69) is 10.2 Å². The molecule has 0 aromatic carbocycles. The number of hydrogen-bond donors (Lipinski definition) is 1. The summed E-state index contributed by atoms with van der Waals surface area (Å²) in [5.41, 5.74) is 1.06. The number of likely N-dealkylation sites (N-methyl/N-ethyl adjacent to an activating group) is 1. The standard InChI is InChI=1S/C11H17N3O2S/c1-12-6-10-3-2-4-13(10)7-9-5-11(14(15)16)17-8-9/h5,8,10,12H,2-4,6-7H2,1H3. The van der Waals surface area contributed by atoms with Crippen molar-refractivity contribution in [1.29, 1.82) is 0 Å². The van der Waals surface area contributed by atoms with E-state index in [0.717, 1.165) is 25.2 Å². The molecule has 0 spiro atoms. The Morgan fingerprint density at radius 3 is 3.18 bits per heavy atom. The lowest BCUT2D eigenvalue weighted by Crippen LogP contribution is -2.36. The van der Waals surface area contributed by atoms with Crippen LogP contribution in [0.2, 0.25) is 0 Å². The number of hydrogen-bond acceptors (Lipinski definition) is 5. The zero-order valence-corrected chi connectivity index (χ0v) is 10.7. The van der Waals surface area contributed by atoms with E-state index in [1.807, 2.05) is 12.4 Å². The van der Waals surface area contributed by atoms with Gasteiger partial charge in [0.05, 0.1) is 4.92 Å². The Morgan fingerprint density at radius 2 is 2.53 bits per heavy atom. The van der Waals surface area contributed by atoms with Crippen LogP contribution in [0.1, 0.15) is 18.4 Å². The van der Waals surface area contributed by atoms with Crippen LogP contribution in [0.5, 0.6) is 0 Å². The quantitative estimate of drug-likeness (QED) is 0.644. The fraction of sp³-hybridized carbons (Fsp3) is 0.636. The van der Waals surface area contributed by atoms with E-state index < -0.39 is 0 Å². The summed E-state index contributed by atoms with van der Waals surface area (Å²) >= 11 is 1.21. The van der Waals surface area contributed by atoms with E-state index in [0.29, 0.717) is 6.04 Å². The largest absolute Gasteiger partial charge is 0.324 e. The fourth-order valence-electron chi connectivity index (χ4n) is 2.35. The Kier molecular flexibility index (Phi) is 4.09. The second-order valence-electron chi connectivity index (χ2n) is 4.37. The minimum absolute atomic E-state index is 0.240. The molecular formula is C11H17N3O2S. The predicted molar refractivity (Wildman–Crippen MR) is 68.3 cm³/mol. The fourth-order valence-corrected chi connectivity index (χ4v) is 3.07. The molecule has 0 saturated carbocycles. The van der Waals surface area contributed by atoms with Gasteiger partial charge in [-0.1, -0.05) is 11.3 Å². The van der Waals surface area contributed by atoms with Crippen LogP contribution in [0.25, 0.3) is 0 Å². The van der Waals surface area contributed by atoms with E-state index in [1.165, 1.54) is 24.2 Å². The van der Waals surface area contributed by atoms with Gasteiger partial charge in [-0.05, 0) is 32.0 Å². The van der Waals surface area contributed by atoms with Crippen LogP contribution >= 0.6 is 11.3 Å². The van der Waals surface area contributed by atoms with E-state index in [4.69, 9.17) is 0 Å². The van der Waals surface area contributed by atoms with Crippen LogP contribution in [0.4, 0.5) is 5.00 Å². The first kappa shape index (κ1) is 12.5. The normalized spacial score (nSPS) is 20.9. The van der Waals surface area contributed by atoms with Crippen molar-refractivity contribution in [3.63, 3.8) is 0 Å². The highest BCUT2D eigenvalue weighted by Gasteiger charge is 2.24. The Labute approximate surface area is 105 Å². The van der Waals surface area contributed by atoms with Crippen molar-refractivity contribution in [2.24, 2.45) is 0 Å². The molecule has 1 aliphatic rings. The van der Waals surface area contributed by atoms with Gasteiger partial charge in [-0.25, -0.2) is 0 Å². The molecular weight excluding hydrogens is 238 g/mol. The molecule has 0 amide bonds. The molecule has 0 bridgehead atoms. The van der Waals surface area contributed by atoms with Gasteiger partial charge in [0.15, 0.2) is 0 Å². The smallest absolute Gasteiger partial charge is 0.318 e. The highest BCUT2D eigenvalue weighted by molar-refractivity contribution is 7.13. The maximum absolute atomic E-state index is 10.6. The highest BCUT2D eigenvalue weighted by Crippen LogP contribution is 2.26. The Morgan fingerprint density at radius 1 is 1.71 bits per heavy atom. The molecule has 17 heavy (non-hydrogen) atoms. The number of thiophene rings is 1. The second kappa shape index (κ2) is 5.57. The van der Waals surface area contributed by atoms with Gasteiger partial charge >= 0.3 is 5.00 Å². The number of nitro groups is 1. The third kappa shape index (κ3) is 3.02. The van der Waals surface area contributed by atoms with Gasteiger partial charge in [-0.15, -0.1) is 0 Å². The molecule has 1 saturated heterocycles. The van der Waals surface area contributed by atoms with Crippen LogP contribution in [-0.4, -0.2) is 36.0 Å². The number of likely N-dealkylation sites (tertiary alicyclic amines) is 1. The summed E-state index contributed by atoms with van der Waals surface area (Å²) in [5, 5.41) is 15.9. The third-order valence-electron chi connectivity index (χ3n) is 3.14. The second-order valence-corrected chi connectivity index (χ2v) is 5.26. The molecule has 2 heterocycles. The first-order valence-electron chi connectivity index (χ1n) is 5.81. The van der Waals surface area contributed by atoms with Crippen molar-refractivity contribution in [3.8, 4) is 0 Å². The van der Waals surface area contributed by atoms with Crippen molar-refractivity contribution in [2.75, 3.05) is 20.1 Å². The van der Waals surface area contributed by atoms with Crippen molar-refractivity contribution >= 4 is 16.3 Å². The Bertz CT molecular complexity index is 394. The summed E-state index contributed by atoms with van der Waals surface area (Å²) in [6.07, 6.45) is 2.44. The molecule has 5 nitrogen and oxygen atoms in total. The topological polar surface area (TPSA) is 58.4 Å². The Hall–Kier alpha value is -0.980. The number of nitrogens with zero attached hydrogens (tertiary/aromatic N) is 2. The lowest BCUT2D eigenvalue weighted by molar-refractivity contribution is -0.380. The third-order valence-corrected chi connectivity index (χ3v) is 4.07. The number of rotatable bonds is 5. The summed E-state index contributed by atoms with van der Waals surface area (Å²) in [6.45, 7) is 2.92. The first-order valence-corrected chi connectivity index (χ1v) is 6.69. The van der Waals surface area contributed by atoms with Crippen molar-refractivity contribution in [3.05, 3.63) is 27.1 Å². The Balaban J connectivity index is 1.97. The van der Waals surface area contributed by atoms with Crippen LogP contribution < -0.4 is 5.32 Å². The molecule has 1 N–H and O–H groups in total. The molecule has 1 aliphatic heterocycles. The maximum Gasteiger partial charge on any atom is 0.324 e. The molecule has 2 rings (SSSR count). The first-order chi connectivity index (χ1) is 8.20. The minimum atomic E-state index is -0.316. The molecule has 1 atom stereocenters.